The van der Waals surface area contributed by atoms with Gasteiger partial charge in [-0.3, -0.25) is 9.59 Å². The van der Waals surface area contributed by atoms with Gasteiger partial charge in [-0.25, -0.2) is 14.5 Å². The third kappa shape index (κ3) is 3.96. The van der Waals surface area contributed by atoms with E-state index in [1.165, 1.54) is 33.9 Å². The summed E-state index contributed by atoms with van der Waals surface area (Å²) in [6.45, 7) is 0. The van der Waals surface area contributed by atoms with Crippen LogP contribution in [0.2, 0.25) is 0 Å². The standard InChI is InChI=1S/C24H20N4O2S/c29-22(26-18-12-11-16-6-5-7-17(16)14-18)15-31-24-27-20-9-2-1-8-19(20)23(30)28(24)21-10-3-4-13-25-21/h1-4,8-14H,5-7,15H2,(H,26,29). The zero-order valence-electron chi connectivity index (χ0n) is 16.7. The topological polar surface area (TPSA) is 76.9 Å². The quantitative estimate of drug-likeness (QED) is 0.384. The first-order valence-electron chi connectivity index (χ1n) is 10.2. The van der Waals surface area contributed by atoms with Crippen LogP contribution in [-0.2, 0) is 17.6 Å². The highest BCUT2D eigenvalue weighted by molar-refractivity contribution is 7.99. The number of benzene rings is 2. The number of anilines is 1. The van der Waals surface area contributed by atoms with E-state index in [9.17, 15) is 9.59 Å². The van der Waals surface area contributed by atoms with Crippen molar-refractivity contribution in [2.24, 2.45) is 0 Å². The molecule has 6 nitrogen and oxygen atoms in total. The van der Waals surface area contributed by atoms with Gasteiger partial charge in [0.25, 0.3) is 5.56 Å². The van der Waals surface area contributed by atoms with Gasteiger partial charge in [0.05, 0.1) is 16.7 Å². The number of fused-ring (bicyclic) bond motifs is 2. The van der Waals surface area contributed by atoms with Crippen LogP contribution in [0.15, 0.2) is 76.8 Å². The smallest absolute Gasteiger partial charge is 0.267 e. The highest BCUT2D eigenvalue weighted by Gasteiger charge is 2.16. The number of aryl methyl sites for hydroxylation is 2. The van der Waals surface area contributed by atoms with Gasteiger partial charge in [-0.2, -0.15) is 0 Å². The predicted octanol–water partition coefficient (Wildman–Crippen LogP) is 4.00. The van der Waals surface area contributed by atoms with Crippen LogP contribution in [0, 0.1) is 0 Å². The van der Waals surface area contributed by atoms with Crippen molar-refractivity contribution in [1.29, 1.82) is 0 Å². The Morgan fingerprint density at radius 2 is 1.87 bits per heavy atom. The second-order valence-electron chi connectivity index (χ2n) is 7.41. The molecule has 31 heavy (non-hydrogen) atoms. The van der Waals surface area contributed by atoms with Crippen LogP contribution in [-0.4, -0.2) is 26.2 Å². The summed E-state index contributed by atoms with van der Waals surface area (Å²) in [5, 5.41) is 3.91. The van der Waals surface area contributed by atoms with Crippen LogP contribution < -0.4 is 10.9 Å². The molecule has 7 heteroatoms. The minimum Gasteiger partial charge on any atom is -0.325 e. The Hall–Kier alpha value is -3.45. The minimum absolute atomic E-state index is 0.134. The van der Waals surface area contributed by atoms with E-state index in [4.69, 9.17) is 0 Å². The number of nitrogens with zero attached hydrogens (tertiary/aromatic N) is 3. The third-order valence-corrected chi connectivity index (χ3v) is 6.28. The van der Waals surface area contributed by atoms with Crippen LogP contribution in [0.1, 0.15) is 17.5 Å². The van der Waals surface area contributed by atoms with Crippen molar-refractivity contribution >= 4 is 34.3 Å². The minimum atomic E-state index is -0.203. The van der Waals surface area contributed by atoms with Crippen LogP contribution in [0.25, 0.3) is 16.7 Å². The maximum Gasteiger partial charge on any atom is 0.267 e. The summed E-state index contributed by atoms with van der Waals surface area (Å²) in [5.74, 6) is 0.472. The molecule has 2 heterocycles. The number of rotatable bonds is 5. The second kappa shape index (κ2) is 8.35. The van der Waals surface area contributed by atoms with Crippen molar-refractivity contribution in [2.45, 2.75) is 24.4 Å². The molecule has 0 atom stereocenters. The van der Waals surface area contributed by atoms with Gasteiger partial charge in [0.1, 0.15) is 5.82 Å². The zero-order valence-corrected chi connectivity index (χ0v) is 17.6. The molecule has 0 bridgehead atoms. The lowest BCUT2D eigenvalue weighted by Gasteiger charge is -2.12. The Morgan fingerprint density at radius 1 is 1.03 bits per heavy atom. The molecule has 0 saturated carbocycles. The van der Waals surface area contributed by atoms with Crippen molar-refractivity contribution in [1.82, 2.24) is 14.5 Å². The fourth-order valence-electron chi connectivity index (χ4n) is 3.87. The number of hydrogen-bond acceptors (Lipinski definition) is 5. The van der Waals surface area contributed by atoms with Crippen molar-refractivity contribution in [2.75, 3.05) is 11.1 Å². The summed E-state index contributed by atoms with van der Waals surface area (Å²) in [5.41, 5.74) is 3.88. The molecule has 0 saturated heterocycles. The van der Waals surface area contributed by atoms with E-state index in [1.54, 1.807) is 30.5 Å². The summed E-state index contributed by atoms with van der Waals surface area (Å²) in [6.07, 6.45) is 4.97. The lowest BCUT2D eigenvalue weighted by Crippen LogP contribution is -2.23. The Kier molecular flexibility index (Phi) is 5.26. The molecule has 2 aromatic carbocycles. The number of pyridine rings is 1. The van der Waals surface area contributed by atoms with E-state index in [0.717, 1.165) is 18.5 Å². The fraction of sp³-hybridized carbons (Fsp3) is 0.167. The lowest BCUT2D eigenvalue weighted by atomic mass is 10.1. The molecule has 0 fully saturated rings. The predicted molar refractivity (Wildman–Crippen MR) is 123 cm³/mol. The average molecular weight is 429 g/mol. The number of thioether (sulfide) groups is 1. The van der Waals surface area contributed by atoms with Crippen LogP contribution in [0.5, 0.6) is 0 Å². The summed E-state index contributed by atoms with van der Waals surface area (Å²) in [4.78, 5) is 34.7. The normalized spacial score (nSPS) is 12.6. The van der Waals surface area contributed by atoms with E-state index in [1.807, 2.05) is 24.3 Å². The second-order valence-corrected chi connectivity index (χ2v) is 8.36. The van der Waals surface area contributed by atoms with Crippen LogP contribution in [0.3, 0.4) is 0 Å². The highest BCUT2D eigenvalue weighted by atomic mass is 32.2. The van der Waals surface area contributed by atoms with Gasteiger partial charge in [0, 0.05) is 11.9 Å². The van der Waals surface area contributed by atoms with E-state index in [0.29, 0.717) is 21.9 Å². The van der Waals surface area contributed by atoms with Gasteiger partial charge in [0.2, 0.25) is 5.91 Å². The Morgan fingerprint density at radius 3 is 2.74 bits per heavy atom. The molecule has 0 aliphatic heterocycles. The summed E-state index contributed by atoms with van der Waals surface area (Å²) < 4.78 is 1.47. The van der Waals surface area contributed by atoms with Gasteiger partial charge in [0.15, 0.2) is 5.16 Å². The first-order valence-corrected chi connectivity index (χ1v) is 11.2. The van der Waals surface area contributed by atoms with E-state index >= 15 is 0 Å². The zero-order chi connectivity index (χ0) is 21.2. The first-order chi connectivity index (χ1) is 15.2. The molecule has 2 aromatic heterocycles. The Balaban J connectivity index is 1.42. The average Bonchev–Trinajstić information content (AvgIpc) is 3.26. The molecule has 0 unspecified atom stereocenters. The van der Waals surface area contributed by atoms with E-state index in [2.05, 4.69) is 27.4 Å². The molecule has 0 radical (unpaired) electrons. The number of hydrogen-bond donors (Lipinski definition) is 1. The molecular weight excluding hydrogens is 408 g/mol. The molecule has 1 aliphatic carbocycles. The maximum absolute atomic E-state index is 13.2. The third-order valence-electron chi connectivity index (χ3n) is 5.34. The van der Waals surface area contributed by atoms with Gasteiger partial charge in [-0.05, 0) is 66.8 Å². The van der Waals surface area contributed by atoms with Gasteiger partial charge in [-0.1, -0.05) is 36.0 Å². The summed E-state index contributed by atoms with van der Waals surface area (Å²) >= 11 is 1.22. The monoisotopic (exact) mass is 428 g/mol. The molecule has 1 aliphatic rings. The maximum atomic E-state index is 13.2. The Bertz CT molecular complexity index is 1330. The molecule has 1 N–H and O–H groups in total. The molecule has 154 valence electrons. The molecule has 4 aromatic rings. The molecule has 1 amide bonds. The number of para-hydroxylation sites is 1. The number of carbonyl (C=O) groups excluding carboxylic acids is 1. The molecule has 5 rings (SSSR count). The summed E-state index contributed by atoms with van der Waals surface area (Å²) in [6, 6.07) is 18.7. The van der Waals surface area contributed by atoms with Gasteiger partial charge < -0.3 is 5.32 Å². The molecule has 0 spiro atoms. The summed E-state index contributed by atoms with van der Waals surface area (Å²) in [7, 11) is 0. The molecular formula is C24H20N4O2S. The Labute approximate surface area is 183 Å². The SMILES string of the molecule is O=C(CSc1nc2ccccc2c(=O)n1-c1ccccn1)Nc1ccc2c(c1)CCC2. The highest BCUT2D eigenvalue weighted by Crippen LogP contribution is 2.25. The largest absolute Gasteiger partial charge is 0.325 e. The van der Waals surface area contributed by atoms with Crippen molar-refractivity contribution < 1.29 is 4.79 Å². The van der Waals surface area contributed by atoms with E-state index in [-0.39, 0.29) is 17.2 Å². The number of aromatic nitrogens is 3. The lowest BCUT2D eigenvalue weighted by molar-refractivity contribution is -0.113. The number of amides is 1. The van der Waals surface area contributed by atoms with Crippen molar-refractivity contribution in [3.63, 3.8) is 0 Å². The van der Waals surface area contributed by atoms with Crippen LogP contribution >= 0.6 is 11.8 Å². The van der Waals surface area contributed by atoms with Crippen molar-refractivity contribution in [3.8, 4) is 5.82 Å². The van der Waals surface area contributed by atoms with Gasteiger partial charge in [-0.15, -0.1) is 0 Å². The van der Waals surface area contributed by atoms with Crippen LogP contribution in [0.4, 0.5) is 5.69 Å². The van der Waals surface area contributed by atoms with Gasteiger partial charge >= 0.3 is 0 Å². The number of carbonyl (C=O) groups is 1. The number of nitrogens with one attached hydrogen (secondary N) is 1. The van der Waals surface area contributed by atoms with Crippen molar-refractivity contribution in [3.05, 3.63) is 88.3 Å². The van der Waals surface area contributed by atoms with E-state index < -0.39 is 0 Å². The first kappa shape index (κ1) is 19.5. The fourth-order valence-corrected chi connectivity index (χ4v) is 4.67.